The van der Waals surface area contributed by atoms with Crippen LogP contribution >= 0.6 is 15.9 Å². The van der Waals surface area contributed by atoms with E-state index in [-0.39, 0.29) is 5.56 Å². The highest BCUT2D eigenvalue weighted by Gasteiger charge is 2.29. The highest BCUT2D eigenvalue weighted by molar-refractivity contribution is 9.10. The first-order valence-electron chi connectivity index (χ1n) is 10.1. The fourth-order valence-electron chi connectivity index (χ4n) is 4.39. The number of nitrogens with zero attached hydrogens (tertiary/aromatic N) is 4. The first-order valence-corrected chi connectivity index (χ1v) is 10.9. The standard InChI is InChI=1S/C23H23BrN4O/c24-20-9-5-4-8-18(20)15-27-12-13-28-21-10-11-26(14-17-6-2-1-3-7-17)16-19(21)22(29)25-23(27)28/h1-9H,10-16H2. The minimum Gasteiger partial charge on any atom is -0.336 e. The Hall–Kier alpha value is -2.44. The van der Waals surface area contributed by atoms with E-state index >= 15 is 0 Å². The number of aromatic nitrogens is 2. The van der Waals surface area contributed by atoms with E-state index in [1.807, 2.05) is 18.2 Å². The number of fused-ring (bicyclic) bond motifs is 3. The summed E-state index contributed by atoms with van der Waals surface area (Å²) in [5.41, 5.74) is 4.48. The van der Waals surface area contributed by atoms with E-state index in [9.17, 15) is 4.79 Å². The van der Waals surface area contributed by atoms with Gasteiger partial charge in [0.1, 0.15) is 0 Å². The molecule has 3 heterocycles. The molecule has 0 aliphatic carbocycles. The summed E-state index contributed by atoms with van der Waals surface area (Å²) in [5, 5.41) is 0. The molecule has 5 nitrogen and oxygen atoms in total. The molecule has 1 aromatic heterocycles. The zero-order valence-corrected chi connectivity index (χ0v) is 17.8. The van der Waals surface area contributed by atoms with E-state index in [1.165, 1.54) is 16.8 Å². The minimum atomic E-state index is -0.0666. The summed E-state index contributed by atoms with van der Waals surface area (Å²) in [5.74, 6) is 0.820. The van der Waals surface area contributed by atoms with Crippen molar-refractivity contribution in [2.24, 2.45) is 0 Å². The Morgan fingerprint density at radius 3 is 2.55 bits per heavy atom. The molecular weight excluding hydrogens is 428 g/mol. The van der Waals surface area contributed by atoms with Gasteiger partial charge in [0, 0.05) is 55.9 Å². The minimum absolute atomic E-state index is 0.0666. The fourth-order valence-corrected chi connectivity index (χ4v) is 4.80. The van der Waals surface area contributed by atoms with Gasteiger partial charge in [-0.25, -0.2) is 0 Å². The van der Waals surface area contributed by atoms with Crippen molar-refractivity contribution in [1.82, 2.24) is 14.5 Å². The Labute approximate surface area is 178 Å². The molecule has 3 aromatic rings. The number of rotatable bonds is 4. The predicted octanol–water partition coefficient (Wildman–Crippen LogP) is 3.58. The summed E-state index contributed by atoms with van der Waals surface area (Å²) >= 11 is 3.63. The average molecular weight is 451 g/mol. The largest absolute Gasteiger partial charge is 0.336 e. The summed E-state index contributed by atoms with van der Waals surface area (Å²) in [6.07, 6.45) is 0.899. The summed E-state index contributed by atoms with van der Waals surface area (Å²) in [7, 11) is 0. The van der Waals surface area contributed by atoms with Crippen molar-refractivity contribution in [2.75, 3.05) is 18.0 Å². The topological polar surface area (TPSA) is 41.4 Å². The van der Waals surface area contributed by atoms with Crippen molar-refractivity contribution < 1.29 is 0 Å². The number of benzene rings is 2. The molecule has 5 rings (SSSR count). The average Bonchev–Trinajstić information content (AvgIpc) is 3.13. The molecule has 0 radical (unpaired) electrons. The molecule has 0 atom stereocenters. The van der Waals surface area contributed by atoms with Crippen molar-refractivity contribution in [3.05, 3.63) is 91.8 Å². The Balaban J connectivity index is 1.40. The first-order chi connectivity index (χ1) is 14.2. The van der Waals surface area contributed by atoms with Crippen LogP contribution < -0.4 is 10.5 Å². The molecule has 0 amide bonds. The van der Waals surface area contributed by atoms with Crippen LogP contribution in [0.1, 0.15) is 22.4 Å². The van der Waals surface area contributed by atoms with Crippen molar-refractivity contribution >= 4 is 21.9 Å². The summed E-state index contributed by atoms with van der Waals surface area (Å²) in [4.78, 5) is 22.0. The number of anilines is 1. The molecule has 148 valence electrons. The lowest BCUT2D eigenvalue weighted by Gasteiger charge is -2.30. The fraction of sp³-hybridized carbons (Fsp3) is 0.304. The maximum atomic E-state index is 12.9. The van der Waals surface area contributed by atoms with Crippen LogP contribution in [-0.4, -0.2) is 27.5 Å². The summed E-state index contributed by atoms with van der Waals surface area (Å²) < 4.78 is 3.36. The lowest BCUT2D eigenvalue weighted by Crippen LogP contribution is -2.37. The van der Waals surface area contributed by atoms with Crippen LogP contribution in [-0.2, 0) is 32.6 Å². The van der Waals surface area contributed by atoms with Gasteiger partial charge in [0.05, 0.1) is 5.56 Å². The van der Waals surface area contributed by atoms with Crippen molar-refractivity contribution in [3.8, 4) is 0 Å². The Bertz CT molecular complexity index is 1100. The number of hydrogen-bond acceptors (Lipinski definition) is 4. The second-order valence-corrected chi connectivity index (χ2v) is 8.61. The summed E-state index contributed by atoms with van der Waals surface area (Å²) in [6.45, 7) is 5.06. The van der Waals surface area contributed by atoms with Crippen LogP contribution in [0, 0.1) is 0 Å². The van der Waals surface area contributed by atoms with Gasteiger partial charge in [-0.1, -0.05) is 64.5 Å². The zero-order chi connectivity index (χ0) is 19.8. The molecule has 2 aliphatic heterocycles. The van der Waals surface area contributed by atoms with Crippen molar-refractivity contribution in [3.63, 3.8) is 0 Å². The molecule has 0 unspecified atom stereocenters. The maximum Gasteiger partial charge on any atom is 0.279 e. The van der Waals surface area contributed by atoms with Crippen LogP contribution in [0.15, 0.2) is 63.9 Å². The molecule has 0 saturated carbocycles. The SMILES string of the molecule is O=c1nc2n(c3c1CN(Cc1ccccc1)CC3)CCN2Cc1ccccc1Br. The number of halogens is 1. The van der Waals surface area contributed by atoms with Gasteiger partial charge < -0.3 is 9.47 Å². The zero-order valence-electron chi connectivity index (χ0n) is 16.2. The highest BCUT2D eigenvalue weighted by Crippen LogP contribution is 2.28. The van der Waals surface area contributed by atoms with E-state index < -0.39 is 0 Å². The molecule has 0 saturated heterocycles. The normalized spacial score (nSPS) is 16.0. The van der Waals surface area contributed by atoms with Gasteiger partial charge in [0.2, 0.25) is 5.95 Å². The smallest absolute Gasteiger partial charge is 0.279 e. The summed E-state index contributed by atoms with van der Waals surface area (Å²) in [6, 6.07) is 18.7. The molecule has 0 N–H and O–H groups in total. The lowest BCUT2D eigenvalue weighted by atomic mass is 10.1. The van der Waals surface area contributed by atoms with Gasteiger partial charge in [-0.15, -0.1) is 0 Å². The monoisotopic (exact) mass is 450 g/mol. The van der Waals surface area contributed by atoms with Gasteiger partial charge >= 0.3 is 0 Å². The van der Waals surface area contributed by atoms with E-state index in [4.69, 9.17) is 0 Å². The molecule has 29 heavy (non-hydrogen) atoms. The Kier molecular flexibility index (Phi) is 4.97. The Morgan fingerprint density at radius 2 is 1.72 bits per heavy atom. The van der Waals surface area contributed by atoms with Gasteiger partial charge in [-0.2, -0.15) is 4.98 Å². The van der Waals surface area contributed by atoms with Gasteiger partial charge in [-0.3, -0.25) is 9.69 Å². The van der Waals surface area contributed by atoms with E-state index in [2.05, 4.69) is 71.7 Å². The van der Waals surface area contributed by atoms with Crippen LogP contribution in [0.3, 0.4) is 0 Å². The maximum absolute atomic E-state index is 12.9. The molecule has 2 aliphatic rings. The third-order valence-corrected chi connectivity index (χ3v) is 6.64. The van der Waals surface area contributed by atoms with Crippen LogP contribution in [0.4, 0.5) is 5.95 Å². The molecule has 6 heteroatoms. The second kappa shape index (κ2) is 7.76. The van der Waals surface area contributed by atoms with E-state index in [0.29, 0.717) is 6.54 Å². The quantitative estimate of drug-likeness (QED) is 0.608. The molecule has 0 fully saturated rings. The van der Waals surface area contributed by atoms with Gasteiger partial charge in [-0.05, 0) is 17.2 Å². The molecule has 0 bridgehead atoms. The lowest BCUT2D eigenvalue weighted by molar-refractivity contribution is 0.239. The van der Waals surface area contributed by atoms with Crippen molar-refractivity contribution in [1.29, 1.82) is 0 Å². The highest BCUT2D eigenvalue weighted by atomic mass is 79.9. The number of hydrogen-bond donors (Lipinski definition) is 0. The molecule has 2 aromatic carbocycles. The molecular formula is C23H23BrN4O. The third-order valence-electron chi connectivity index (χ3n) is 5.87. The Morgan fingerprint density at radius 1 is 0.931 bits per heavy atom. The van der Waals surface area contributed by atoms with Gasteiger partial charge in [0.25, 0.3) is 5.56 Å². The van der Waals surface area contributed by atoms with Crippen LogP contribution in [0.25, 0.3) is 0 Å². The third kappa shape index (κ3) is 3.63. The van der Waals surface area contributed by atoms with Crippen LogP contribution in [0.5, 0.6) is 0 Å². The molecule has 0 spiro atoms. The second-order valence-electron chi connectivity index (χ2n) is 7.75. The first kappa shape index (κ1) is 18.6. The predicted molar refractivity (Wildman–Crippen MR) is 118 cm³/mol. The van der Waals surface area contributed by atoms with Crippen LogP contribution in [0.2, 0.25) is 0 Å². The van der Waals surface area contributed by atoms with Gasteiger partial charge in [0.15, 0.2) is 0 Å². The van der Waals surface area contributed by atoms with Crippen molar-refractivity contribution in [2.45, 2.75) is 32.6 Å². The van der Waals surface area contributed by atoms with E-state index in [1.54, 1.807) is 0 Å². The van der Waals surface area contributed by atoms with E-state index in [0.717, 1.165) is 55.1 Å².